The van der Waals surface area contributed by atoms with Crippen molar-refractivity contribution in [3.05, 3.63) is 70.2 Å². The predicted molar refractivity (Wildman–Crippen MR) is 111 cm³/mol. The van der Waals surface area contributed by atoms with Crippen LogP contribution in [0.4, 0.5) is 0 Å². The first kappa shape index (κ1) is 16.5. The number of hydrogen-bond acceptors (Lipinski definition) is 3. The van der Waals surface area contributed by atoms with E-state index in [0.29, 0.717) is 5.69 Å². The summed E-state index contributed by atoms with van der Waals surface area (Å²) < 4.78 is 2.02. The Morgan fingerprint density at radius 2 is 1.78 bits per heavy atom. The van der Waals surface area contributed by atoms with Gasteiger partial charge in [0.05, 0.1) is 5.69 Å². The summed E-state index contributed by atoms with van der Waals surface area (Å²) in [7, 11) is 0. The lowest BCUT2D eigenvalue weighted by molar-refractivity contribution is 0.111. The van der Waals surface area contributed by atoms with Gasteiger partial charge in [0.15, 0.2) is 11.2 Å². The molecular formula is C23H20N2OS. The van der Waals surface area contributed by atoms with E-state index in [4.69, 9.17) is 4.98 Å². The van der Waals surface area contributed by atoms with Gasteiger partial charge in [0.25, 0.3) is 0 Å². The third-order valence-electron chi connectivity index (χ3n) is 5.46. The summed E-state index contributed by atoms with van der Waals surface area (Å²) in [5.74, 6) is 0. The molecule has 0 atom stereocenters. The number of benzene rings is 2. The van der Waals surface area contributed by atoms with Crippen LogP contribution in [-0.2, 0) is 12.8 Å². The molecule has 134 valence electrons. The highest BCUT2D eigenvalue weighted by Gasteiger charge is 2.21. The number of carbonyl (C=O) groups is 1. The van der Waals surface area contributed by atoms with Crippen molar-refractivity contribution in [1.82, 2.24) is 9.38 Å². The number of aldehydes is 1. The third kappa shape index (κ3) is 2.63. The number of aryl methyl sites for hydroxylation is 3. The van der Waals surface area contributed by atoms with E-state index in [1.807, 2.05) is 22.6 Å². The van der Waals surface area contributed by atoms with Crippen LogP contribution in [0.1, 0.15) is 39.3 Å². The van der Waals surface area contributed by atoms with E-state index < -0.39 is 0 Å². The van der Waals surface area contributed by atoms with Crippen molar-refractivity contribution in [2.24, 2.45) is 0 Å². The van der Waals surface area contributed by atoms with Gasteiger partial charge in [-0.3, -0.25) is 9.20 Å². The third-order valence-corrected chi connectivity index (χ3v) is 6.42. The molecular weight excluding hydrogens is 352 g/mol. The largest absolute Gasteiger partial charge is 0.296 e. The minimum atomic E-state index is 0.643. The molecule has 0 saturated carbocycles. The van der Waals surface area contributed by atoms with Crippen molar-refractivity contribution < 1.29 is 4.79 Å². The molecule has 0 saturated heterocycles. The van der Waals surface area contributed by atoms with Crippen molar-refractivity contribution in [2.45, 2.75) is 32.6 Å². The molecule has 4 heteroatoms. The number of hydrogen-bond donors (Lipinski definition) is 0. The summed E-state index contributed by atoms with van der Waals surface area (Å²) in [5, 5.41) is 0. The molecule has 0 aliphatic heterocycles. The highest BCUT2D eigenvalue weighted by Crippen LogP contribution is 2.36. The first-order chi connectivity index (χ1) is 13.3. The van der Waals surface area contributed by atoms with Crippen LogP contribution in [0.2, 0.25) is 0 Å². The zero-order valence-electron chi connectivity index (χ0n) is 15.2. The lowest BCUT2D eigenvalue weighted by atomic mass is 9.90. The average molecular weight is 372 g/mol. The second-order valence-corrected chi connectivity index (χ2v) is 8.33. The van der Waals surface area contributed by atoms with Gasteiger partial charge in [0, 0.05) is 10.4 Å². The highest BCUT2D eigenvalue weighted by molar-refractivity contribution is 7.17. The molecule has 3 nitrogen and oxygen atoms in total. The lowest BCUT2D eigenvalue weighted by Gasteiger charge is -2.16. The van der Waals surface area contributed by atoms with Gasteiger partial charge in [0.1, 0.15) is 11.4 Å². The summed E-state index contributed by atoms with van der Waals surface area (Å²) in [6, 6.07) is 16.8. The first-order valence-corrected chi connectivity index (χ1v) is 10.2. The number of fused-ring (bicyclic) bond motifs is 2. The van der Waals surface area contributed by atoms with Gasteiger partial charge in [0.2, 0.25) is 0 Å². The van der Waals surface area contributed by atoms with Crippen molar-refractivity contribution in [3.63, 3.8) is 0 Å². The van der Waals surface area contributed by atoms with E-state index in [0.717, 1.165) is 46.6 Å². The van der Waals surface area contributed by atoms with Crippen molar-refractivity contribution in [3.8, 4) is 22.5 Å². The van der Waals surface area contributed by atoms with Gasteiger partial charge >= 0.3 is 0 Å². The quantitative estimate of drug-likeness (QED) is 0.430. The van der Waals surface area contributed by atoms with Crippen LogP contribution in [0, 0.1) is 6.92 Å². The van der Waals surface area contributed by atoms with Crippen LogP contribution in [0.15, 0.2) is 48.5 Å². The molecule has 0 bridgehead atoms. The summed E-state index contributed by atoms with van der Waals surface area (Å²) in [4.78, 5) is 19.0. The molecule has 0 radical (unpaired) electrons. The number of carbonyl (C=O) groups excluding carboxylic acids is 1. The smallest absolute Gasteiger partial charge is 0.195 e. The fraction of sp³-hybridized carbons (Fsp3) is 0.217. The topological polar surface area (TPSA) is 34.4 Å². The lowest BCUT2D eigenvalue weighted by Crippen LogP contribution is -2.02. The SMILES string of the molecule is Cc1sc2nc(-c3ccc4c(c3)CCCC4)c(C=O)n2c1-c1ccccc1. The monoisotopic (exact) mass is 372 g/mol. The fourth-order valence-corrected chi connectivity index (χ4v) is 5.17. The molecule has 0 N–H and O–H groups in total. The average Bonchev–Trinajstić information content (AvgIpc) is 3.22. The molecule has 27 heavy (non-hydrogen) atoms. The van der Waals surface area contributed by atoms with Crippen molar-refractivity contribution in [2.75, 3.05) is 0 Å². The molecule has 2 heterocycles. The summed E-state index contributed by atoms with van der Waals surface area (Å²) in [6.45, 7) is 2.09. The van der Waals surface area contributed by atoms with E-state index >= 15 is 0 Å². The summed E-state index contributed by atoms with van der Waals surface area (Å²) in [5.41, 5.74) is 7.51. The minimum Gasteiger partial charge on any atom is -0.296 e. The molecule has 2 aromatic carbocycles. The molecule has 0 amide bonds. The van der Waals surface area contributed by atoms with Gasteiger partial charge in [-0.25, -0.2) is 4.98 Å². The van der Waals surface area contributed by atoms with Crippen LogP contribution >= 0.6 is 11.3 Å². The maximum Gasteiger partial charge on any atom is 0.195 e. The fourth-order valence-electron chi connectivity index (χ4n) is 4.17. The van der Waals surface area contributed by atoms with E-state index in [1.54, 1.807) is 11.3 Å². The minimum absolute atomic E-state index is 0.643. The molecule has 1 aliphatic carbocycles. The Bertz CT molecular complexity index is 1150. The van der Waals surface area contributed by atoms with Gasteiger partial charge < -0.3 is 0 Å². The zero-order chi connectivity index (χ0) is 18.4. The van der Waals surface area contributed by atoms with E-state index in [1.165, 1.54) is 28.8 Å². The second-order valence-electron chi connectivity index (χ2n) is 7.14. The number of aromatic nitrogens is 2. The number of imidazole rings is 1. The Hall–Kier alpha value is -2.72. The standard InChI is InChI=1S/C23H20N2OS/c1-15-22(17-8-3-2-4-9-17)25-20(14-26)21(24-23(25)27-15)19-12-11-16-7-5-6-10-18(16)13-19/h2-4,8-9,11-14H,5-7,10H2,1H3. The van der Waals surface area contributed by atoms with E-state index in [2.05, 4.69) is 37.3 Å². The molecule has 5 rings (SSSR count). The molecule has 0 unspecified atom stereocenters. The van der Waals surface area contributed by atoms with E-state index in [-0.39, 0.29) is 0 Å². The molecule has 4 aromatic rings. The van der Waals surface area contributed by atoms with Crippen LogP contribution < -0.4 is 0 Å². The first-order valence-electron chi connectivity index (χ1n) is 9.41. The van der Waals surface area contributed by atoms with E-state index in [9.17, 15) is 4.79 Å². The Morgan fingerprint density at radius 3 is 2.56 bits per heavy atom. The maximum atomic E-state index is 12.1. The maximum absolute atomic E-state index is 12.1. The van der Waals surface area contributed by atoms with Crippen molar-refractivity contribution >= 4 is 22.6 Å². The normalized spacial score (nSPS) is 13.7. The highest BCUT2D eigenvalue weighted by atomic mass is 32.1. The van der Waals surface area contributed by atoms with Gasteiger partial charge in [-0.2, -0.15) is 0 Å². The Morgan fingerprint density at radius 1 is 1.00 bits per heavy atom. The number of nitrogens with zero attached hydrogens (tertiary/aromatic N) is 2. The number of rotatable bonds is 3. The molecule has 0 spiro atoms. The summed E-state index contributed by atoms with van der Waals surface area (Å²) in [6.07, 6.45) is 5.74. The number of thiazole rings is 1. The van der Waals surface area contributed by atoms with Gasteiger partial charge in [-0.15, -0.1) is 11.3 Å². The Kier molecular flexibility index (Phi) is 3.94. The zero-order valence-corrected chi connectivity index (χ0v) is 16.1. The molecule has 1 aliphatic rings. The van der Waals surface area contributed by atoms with Crippen molar-refractivity contribution in [1.29, 1.82) is 0 Å². The van der Waals surface area contributed by atoms with Gasteiger partial charge in [-0.05, 0) is 55.4 Å². The second kappa shape index (κ2) is 6.46. The van der Waals surface area contributed by atoms with Crippen LogP contribution in [0.25, 0.3) is 27.5 Å². The summed E-state index contributed by atoms with van der Waals surface area (Å²) >= 11 is 1.64. The van der Waals surface area contributed by atoms with Crippen LogP contribution in [0.3, 0.4) is 0 Å². The molecule has 2 aromatic heterocycles. The van der Waals surface area contributed by atoms with Crippen LogP contribution in [-0.4, -0.2) is 15.7 Å². The van der Waals surface area contributed by atoms with Crippen LogP contribution in [0.5, 0.6) is 0 Å². The predicted octanol–water partition coefficient (Wildman–Crippen LogP) is 5.73. The Balaban J connectivity index is 1.73. The Labute approximate surface area is 162 Å². The van der Waals surface area contributed by atoms with Gasteiger partial charge in [-0.1, -0.05) is 42.5 Å². The molecule has 0 fully saturated rings.